The summed E-state index contributed by atoms with van der Waals surface area (Å²) in [7, 11) is 0. The van der Waals surface area contributed by atoms with Crippen LogP contribution in [0.25, 0.3) is 11.2 Å². The van der Waals surface area contributed by atoms with E-state index in [1.807, 2.05) is 0 Å². The quantitative estimate of drug-likeness (QED) is 0.584. The molecule has 1 fully saturated rings. The lowest BCUT2D eigenvalue weighted by molar-refractivity contribution is 0.0502. The first-order valence-corrected chi connectivity index (χ1v) is 5.17. The molecule has 90 valence electrons. The van der Waals surface area contributed by atoms with Crippen molar-refractivity contribution in [3.05, 3.63) is 16.7 Å². The minimum Gasteiger partial charge on any atom is -0.391 e. The highest BCUT2D eigenvalue weighted by molar-refractivity contribution is 5.70. The van der Waals surface area contributed by atoms with E-state index in [0.717, 1.165) is 0 Å². The Bertz CT molecular complexity index is 619. The van der Waals surface area contributed by atoms with Crippen LogP contribution >= 0.6 is 0 Å². The van der Waals surface area contributed by atoms with Crippen molar-refractivity contribution >= 4 is 17.1 Å². The zero-order chi connectivity index (χ0) is 12.0. The fourth-order valence-electron chi connectivity index (χ4n) is 1.94. The number of H-pyrrole nitrogens is 1. The van der Waals surface area contributed by atoms with Crippen molar-refractivity contribution in [2.75, 3.05) is 12.3 Å². The lowest BCUT2D eigenvalue weighted by Gasteiger charge is -2.10. The van der Waals surface area contributed by atoms with E-state index in [9.17, 15) is 9.90 Å². The van der Waals surface area contributed by atoms with Gasteiger partial charge in [-0.25, -0.2) is 4.98 Å². The molecule has 3 heterocycles. The molecule has 0 radical (unpaired) electrons. The Labute approximate surface area is 95.1 Å². The number of anilines is 1. The summed E-state index contributed by atoms with van der Waals surface area (Å²) in [6, 6.07) is 0. The first kappa shape index (κ1) is 10.2. The van der Waals surface area contributed by atoms with Crippen molar-refractivity contribution in [3.63, 3.8) is 0 Å². The van der Waals surface area contributed by atoms with Crippen molar-refractivity contribution in [2.24, 2.45) is 0 Å². The topological polar surface area (TPSA) is 119 Å². The molecular formula is C9H11N5O3. The Hall–Kier alpha value is -1.93. The van der Waals surface area contributed by atoms with E-state index in [1.54, 1.807) is 4.57 Å². The van der Waals surface area contributed by atoms with Gasteiger partial charge >= 0.3 is 0 Å². The van der Waals surface area contributed by atoms with E-state index < -0.39 is 6.10 Å². The fourth-order valence-corrected chi connectivity index (χ4v) is 1.94. The van der Waals surface area contributed by atoms with Crippen molar-refractivity contribution in [1.82, 2.24) is 19.5 Å². The lowest BCUT2D eigenvalue weighted by Crippen LogP contribution is -2.14. The third-order valence-electron chi connectivity index (χ3n) is 2.72. The number of ether oxygens (including phenoxy) is 1. The minimum atomic E-state index is -0.503. The van der Waals surface area contributed by atoms with Gasteiger partial charge in [-0.2, -0.15) is 4.98 Å². The van der Waals surface area contributed by atoms with Crippen LogP contribution in [0, 0.1) is 0 Å². The molecule has 8 heteroatoms. The highest BCUT2D eigenvalue weighted by Crippen LogP contribution is 2.25. The van der Waals surface area contributed by atoms with Gasteiger partial charge in [-0.15, -0.1) is 0 Å². The van der Waals surface area contributed by atoms with Gasteiger partial charge in [0.25, 0.3) is 5.56 Å². The molecule has 17 heavy (non-hydrogen) atoms. The van der Waals surface area contributed by atoms with Gasteiger partial charge in [0.15, 0.2) is 11.2 Å². The SMILES string of the molecule is Nc1nc2c(ncn2[C@H]2C[C@H](O)CO2)c(=O)[nH]1. The number of nitrogens with two attached hydrogens (primary N) is 1. The molecule has 0 bridgehead atoms. The second kappa shape index (κ2) is 3.54. The molecule has 0 aliphatic carbocycles. The van der Waals surface area contributed by atoms with Crippen LogP contribution in [-0.4, -0.2) is 37.3 Å². The number of aromatic amines is 1. The summed E-state index contributed by atoms with van der Waals surface area (Å²) in [5, 5.41) is 9.41. The van der Waals surface area contributed by atoms with Gasteiger partial charge in [-0.05, 0) is 0 Å². The zero-order valence-electron chi connectivity index (χ0n) is 8.83. The minimum absolute atomic E-state index is 0.0304. The Morgan fingerprint density at radius 3 is 3.18 bits per heavy atom. The number of hydrogen-bond donors (Lipinski definition) is 3. The molecule has 0 amide bonds. The number of rotatable bonds is 1. The first-order chi connectivity index (χ1) is 8.15. The largest absolute Gasteiger partial charge is 0.391 e. The number of hydrogen-bond acceptors (Lipinski definition) is 6. The van der Waals surface area contributed by atoms with Crippen LogP contribution in [0.1, 0.15) is 12.6 Å². The summed E-state index contributed by atoms with van der Waals surface area (Å²) in [5.74, 6) is 0.0304. The third-order valence-corrected chi connectivity index (χ3v) is 2.72. The van der Waals surface area contributed by atoms with E-state index in [1.165, 1.54) is 6.33 Å². The third kappa shape index (κ3) is 1.58. The van der Waals surface area contributed by atoms with E-state index in [-0.39, 0.29) is 29.9 Å². The lowest BCUT2D eigenvalue weighted by atomic mass is 10.3. The predicted octanol–water partition coefficient (Wildman–Crippen LogP) is -1.02. The molecule has 1 saturated heterocycles. The number of nitrogens with one attached hydrogen (secondary N) is 1. The Balaban J connectivity index is 2.15. The fraction of sp³-hybridized carbons (Fsp3) is 0.444. The number of imidazole rings is 1. The van der Waals surface area contributed by atoms with E-state index in [4.69, 9.17) is 10.5 Å². The zero-order valence-corrected chi connectivity index (χ0v) is 8.83. The molecule has 1 aliphatic rings. The van der Waals surface area contributed by atoms with E-state index >= 15 is 0 Å². The van der Waals surface area contributed by atoms with Crippen molar-refractivity contribution in [3.8, 4) is 0 Å². The van der Waals surface area contributed by atoms with Crippen LogP contribution in [0.3, 0.4) is 0 Å². The van der Waals surface area contributed by atoms with Gasteiger partial charge in [0.1, 0.15) is 6.23 Å². The Morgan fingerprint density at radius 2 is 2.47 bits per heavy atom. The normalized spacial score (nSPS) is 24.5. The van der Waals surface area contributed by atoms with Crippen molar-refractivity contribution in [2.45, 2.75) is 18.8 Å². The molecule has 4 N–H and O–H groups in total. The number of nitrogens with zero attached hydrogens (tertiary/aromatic N) is 3. The van der Waals surface area contributed by atoms with Gasteiger partial charge in [-0.1, -0.05) is 0 Å². The summed E-state index contributed by atoms with van der Waals surface area (Å²) in [6.45, 7) is 0.267. The van der Waals surface area contributed by atoms with Crippen LogP contribution in [0.15, 0.2) is 11.1 Å². The molecule has 2 aromatic heterocycles. The monoisotopic (exact) mass is 237 g/mol. The average molecular weight is 237 g/mol. The van der Waals surface area contributed by atoms with Crippen LogP contribution < -0.4 is 11.3 Å². The molecule has 0 spiro atoms. The van der Waals surface area contributed by atoms with Gasteiger partial charge < -0.3 is 15.6 Å². The highest BCUT2D eigenvalue weighted by atomic mass is 16.5. The smallest absolute Gasteiger partial charge is 0.280 e. The second-order valence-corrected chi connectivity index (χ2v) is 3.95. The van der Waals surface area contributed by atoms with Gasteiger partial charge in [0, 0.05) is 6.42 Å². The highest BCUT2D eigenvalue weighted by Gasteiger charge is 2.27. The molecule has 0 saturated carbocycles. The molecule has 3 rings (SSSR count). The predicted molar refractivity (Wildman–Crippen MR) is 58.2 cm³/mol. The summed E-state index contributed by atoms with van der Waals surface area (Å²) in [5.41, 5.74) is 5.67. The number of aliphatic hydroxyl groups is 1. The summed E-state index contributed by atoms with van der Waals surface area (Å²) in [4.78, 5) is 21.9. The van der Waals surface area contributed by atoms with Crippen LogP contribution in [-0.2, 0) is 4.74 Å². The van der Waals surface area contributed by atoms with E-state index in [0.29, 0.717) is 12.1 Å². The summed E-state index contributed by atoms with van der Waals surface area (Å²) >= 11 is 0. The van der Waals surface area contributed by atoms with Crippen LogP contribution in [0.4, 0.5) is 5.95 Å². The average Bonchev–Trinajstić information content (AvgIpc) is 2.83. The van der Waals surface area contributed by atoms with Crippen LogP contribution in [0.5, 0.6) is 0 Å². The molecule has 8 nitrogen and oxygen atoms in total. The van der Waals surface area contributed by atoms with Gasteiger partial charge in [-0.3, -0.25) is 14.3 Å². The number of aromatic nitrogens is 4. The molecule has 0 unspecified atom stereocenters. The second-order valence-electron chi connectivity index (χ2n) is 3.95. The molecule has 1 aliphatic heterocycles. The first-order valence-electron chi connectivity index (χ1n) is 5.17. The van der Waals surface area contributed by atoms with Gasteiger partial charge in [0.05, 0.1) is 19.0 Å². The number of nitrogen functional groups attached to an aromatic ring is 1. The number of fused-ring (bicyclic) bond motifs is 1. The van der Waals surface area contributed by atoms with Crippen LogP contribution in [0.2, 0.25) is 0 Å². The molecule has 2 atom stereocenters. The maximum atomic E-state index is 11.6. The maximum Gasteiger partial charge on any atom is 0.280 e. The van der Waals surface area contributed by atoms with Crippen molar-refractivity contribution < 1.29 is 9.84 Å². The van der Waals surface area contributed by atoms with Gasteiger partial charge in [0.2, 0.25) is 5.95 Å². The standard InChI is InChI=1S/C9H11N5O3/c10-9-12-7-6(8(16)13-9)11-3-14(7)5-1-4(15)2-17-5/h3-5,15H,1-2H2,(H3,10,12,13,16)/t4-,5+/m0/s1. The van der Waals surface area contributed by atoms with E-state index in [2.05, 4.69) is 15.0 Å². The number of aliphatic hydroxyl groups excluding tert-OH is 1. The molecule has 0 aromatic carbocycles. The summed E-state index contributed by atoms with van der Waals surface area (Å²) < 4.78 is 6.99. The maximum absolute atomic E-state index is 11.6. The van der Waals surface area contributed by atoms with Crippen molar-refractivity contribution in [1.29, 1.82) is 0 Å². The Morgan fingerprint density at radius 1 is 1.65 bits per heavy atom. The molecular weight excluding hydrogens is 226 g/mol. The Kier molecular flexibility index (Phi) is 2.13. The summed E-state index contributed by atoms with van der Waals surface area (Å²) in [6.07, 6.45) is 1.05. The molecule has 2 aromatic rings.